The number of nitrogens with zero attached hydrogens (tertiary/aromatic N) is 3. The van der Waals surface area contributed by atoms with Crippen molar-refractivity contribution >= 4 is 17.0 Å². The fourth-order valence-corrected chi connectivity index (χ4v) is 4.28. The Morgan fingerprint density at radius 3 is 2.48 bits per heavy atom. The van der Waals surface area contributed by atoms with Crippen LogP contribution in [0.1, 0.15) is 79.5 Å². The molecule has 29 heavy (non-hydrogen) atoms. The number of pyridine rings is 1. The summed E-state index contributed by atoms with van der Waals surface area (Å²) < 4.78 is 20.2. The second-order valence-corrected chi connectivity index (χ2v) is 8.05. The molecule has 2 heterocycles. The van der Waals surface area contributed by atoms with Gasteiger partial charge in [0.1, 0.15) is 5.82 Å². The van der Waals surface area contributed by atoms with Crippen LogP contribution in [0.3, 0.4) is 0 Å². The highest BCUT2D eigenvalue weighted by Gasteiger charge is 2.27. The SMILES string of the molecule is COC(=O)c1cc(C2CCCCC2)c2c(C(C)C)nn(-c3ccc(F)cc3)c2n1. The Hall–Kier alpha value is -2.76. The minimum atomic E-state index is -0.457. The molecule has 5 nitrogen and oxygen atoms in total. The largest absolute Gasteiger partial charge is 0.464 e. The number of carbonyl (C=O) groups is 1. The van der Waals surface area contributed by atoms with Crippen molar-refractivity contribution in [2.24, 2.45) is 0 Å². The zero-order valence-corrected chi connectivity index (χ0v) is 17.1. The first kappa shape index (κ1) is 19.6. The van der Waals surface area contributed by atoms with E-state index in [0.29, 0.717) is 22.9 Å². The average molecular weight is 395 g/mol. The van der Waals surface area contributed by atoms with Gasteiger partial charge in [0.05, 0.1) is 18.5 Å². The molecule has 0 unspecified atom stereocenters. The molecule has 152 valence electrons. The number of ether oxygens (including phenoxy) is 1. The van der Waals surface area contributed by atoms with Gasteiger partial charge >= 0.3 is 5.97 Å². The van der Waals surface area contributed by atoms with Gasteiger partial charge in [0.15, 0.2) is 11.3 Å². The Labute approximate surface area is 169 Å². The molecular weight excluding hydrogens is 369 g/mol. The molecule has 1 aromatic carbocycles. The number of benzene rings is 1. The van der Waals surface area contributed by atoms with Gasteiger partial charge in [-0.3, -0.25) is 0 Å². The standard InChI is InChI=1S/C23H26FN3O2/c1-14(2)21-20-18(15-7-5-4-6-8-15)13-19(23(28)29-3)25-22(20)27(26-21)17-11-9-16(24)10-12-17/h9-15H,4-8H2,1-3H3. The Morgan fingerprint density at radius 2 is 1.86 bits per heavy atom. The second kappa shape index (κ2) is 7.93. The number of hydrogen-bond acceptors (Lipinski definition) is 4. The number of rotatable bonds is 4. The maximum atomic E-state index is 13.5. The van der Waals surface area contributed by atoms with Crippen molar-refractivity contribution in [1.82, 2.24) is 14.8 Å². The first-order chi connectivity index (χ1) is 14.0. The first-order valence-electron chi connectivity index (χ1n) is 10.3. The summed E-state index contributed by atoms with van der Waals surface area (Å²) in [6.07, 6.45) is 5.81. The summed E-state index contributed by atoms with van der Waals surface area (Å²) in [5, 5.41) is 5.87. The van der Waals surface area contributed by atoms with E-state index in [1.54, 1.807) is 16.8 Å². The highest BCUT2D eigenvalue weighted by molar-refractivity contribution is 5.93. The number of halogens is 1. The summed E-state index contributed by atoms with van der Waals surface area (Å²) in [4.78, 5) is 17.0. The fraction of sp³-hybridized carbons (Fsp3) is 0.435. The molecule has 1 aliphatic carbocycles. The van der Waals surface area contributed by atoms with Crippen LogP contribution in [-0.4, -0.2) is 27.8 Å². The van der Waals surface area contributed by atoms with Crippen molar-refractivity contribution in [3.63, 3.8) is 0 Å². The molecule has 0 radical (unpaired) electrons. The second-order valence-electron chi connectivity index (χ2n) is 8.05. The lowest BCUT2D eigenvalue weighted by Gasteiger charge is -2.23. The fourth-order valence-electron chi connectivity index (χ4n) is 4.28. The highest BCUT2D eigenvalue weighted by atomic mass is 19.1. The van der Waals surface area contributed by atoms with Gasteiger partial charge in [0, 0.05) is 5.39 Å². The van der Waals surface area contributed by atoms with Crippen LogP contribution in [0.2, 0.25) is 0 Å². The molecule has 0 amide bonds. The van der Waals surface area contributed by atoms with Crippen molar-refractivity contribution in [3.8, 4) is 5.69 Å². The number of carbonyl (C=O) groups excluding carboxylic acids is 1. The van der Waals surface area contributed by atoms with E-state index in [2.05, 4.69) is 18.8 Å². The lowest BCUT2D eigenvalue weighted by Crippen LogP contribution is -2.11. The third kappa shape index (κ3) is 3.63. The Balaban J connectivity index is 2.01. The van der Waals surface area contributed by atoms with Gasteiger partial charge in [-0.2, -0.15) is 5.10 Å². The molecule has 0 aliphatic heterocycles. The topological polar surface area (TPSA) is 57.0 Å². The molecule has 4 rings (SSSR count). The lowest BCUT2D eigenvalue weighted by atomic mass is 9.82. The van der Waals surface area contributed by atoms with Crippen LogP contribution in [0.25, 0.3) is 16.7 Å². The average Bonchev–Trinajstić information content (AvgIpc) is 3.13. The van der Waals surface area contributed by atoms with E-state index < -0.39 is 5.97 Å². The molecule has 1 aliphatic rings. The maximum Gasteiger partial charge on any atom is 0.356 e. The number of aromatic nitrogens is 3. The van der Waals surface area contributed by atoms with E-state index in [0.717, 1.165) is 29.5 Å². The molecule has 0 atom stereocenters. The quantitative estimate of drug-likeness (QED) is 0.546. The van der Waals surface area contributed by atoms with Crippen molar-refractivity contribution in [3.05, 3.63) is 53.1 Å². The molecule has 2 aromatic heterocycles. The van der Waals surface area contributed by atoms with Gasteiger partial charge < -0.3 is 4.74 Å². The van der Waals surface area contributed by atoms with Gasteiger partial charge in [-0.1, -0.05) is 33.1 Å². The molecule has 0 bridgehead atoms. The normalized spacial score (nSPS) is 15.2. The molecule has 1 fully saturated rings. The molecular formula is C23H26FN3O2. The monoisotopic (exact) mass is 395 g/mol. The van der Waals surface area contributed by atoms with E-state index in [1.807, 2.05) is 6.07 Å². The predicted molar refractivity (Wildman–Crippen MR) is 110 cm³/mol. The van der Waals surface area contributed by atoms with Crippen LogP contribution in [-0.2, 0) is 4.74 Å². The summed E-state index contributed by atoms with van der Waals surface area (Å²) >= 11 is 0. The molecule has 3 aromatic rings. The van der Waals surface area contributed by atoms with E-state index in [-0.39, 0.29) is 11.7 Å². The van der Waals surface area contributed by atoms with E-state index in [4.69, 9.17) is 9.84 Å². The third-order valence-corrected chi connectivity index (χ3v) is 5.75. The van der Waals surface area contributed by atoms with Crippen LogP contribution < -0.4 is 0 Å². The van der Waals surface area contributed by atoms with Crippen LogP contribution in [0.4, 0.5) is 4.39 Å². The Kier molecular flexibility index (Phi) is 5.35. The molecule has 0 N–H and O–H groups in total. The van der Waals surface area contributed by atoms with Crippen LogP contribution in [0.5, 0.6) is 0 Å². The molecule has 0 saturated heterocycles. The van der Waals surface area contributed by atoms with E-state index in [9.17, 15) is 9.18 Å². The van der Waals surface area contributed by atoms with Gasteiger partial charge in [-0.15, -0.1) is 0 Å². The molecule has 1 saturated carbocycles. The van der Waals surface area contributed by atoms with Gasteiger partial charge in [0.25, 0.3) is 0 Å². The highest BCUT2D eigenvalue weighted by Crippen LogP contribution is 2.39. The van der Waals surface area contributed by atoms with Gasteiger partial charge in [0.2, 0.25) is 0 Å². The zero-order chi connectivity index (χ0) is 20.5. The van der Waals surface area contributed by atoms with Gasteiger partial charge in [-0.25, -0.2) is 18.9 Å². The van der Waals surface area contributed by atoms with Crippen molar-refractivity contribution in [2.45, 2.75) is 57.8 Å². The van der Waals surface area contributed by atoms with Crippen molar-refractivity contribution in [1.29, 1.82) is 0 Å². The molecule has 6 heteroatoms. The van der Waals surface area contributed by atoms with E-state index in [1.165, 1.54) is 38.5 Å². The van der Waals surface area contributed by atoms with Gasteiger partial charge in [-0.05, 0) is 60.6 Å². The minimum Gasteiger partial charge on any atom is -0.464 e. The van der Waals surface area contributed by atoms with Crippen molar-refractivity contribution in [2.75, 3.05) is 7.11 Å². The minimum absolute atomic E-state index is 0.187. The maximum absolute atomic E-state index is 13.5. The summed E-state index contributed by atoms with van der Waals surface area (Å²) in [7, 11) is 1.37. The summed E-state index contributed by atoms with van der Waals surface area (Å²) in [5.74, 6) is -0.198. The third-order valence-electron chi connectivity index (χ3n) is 5.75. The number of fused-ring (bicyclic) bond motifs is 1. The van der Waals surface area contributed by atoms with Crippen LogP contribution in [0, 0.1) is 5.82 Å². The number of methoxy groups -OCH3 is 1. The summed E-state index contributed by atoms with van der Waals surface area (Å²) in [5.41, 5.74) is 3.72. The zero-order valence-electron chi connectivity index (χ0n) is 17.1. The predicted octanol–water partition coefficient (Wildman–Crippen LogP) is 5.52. The number of esters is 1. The Morgan fingerprint density at radius 1 is 1.17 bits per heavy atom. The van der Waals surface area contributed by atoms with Crippen molar-refractivity contribution < 1.29 is 13.9 Å². The lowest BCUT2D eigenvalue weighted by molar-refractivity contribution is 0.0594. The number of hydrogen-bond donors (Lipinski definition) is 0. The molecule has 0 spiro atoms. The smallest absolute Gasteiger partial charge is 0.356 e. The van der Waals surface area contributed by atoms with Crippen LogP contribution in [0.15, 0.2) is 30.3 Å². The van der Waals surface area contributed by atoms with Crippen LogP contribution >= 0.6 is 0 Å². The summed E-state index contributed by atoms with van der Waals surface area (Å²) in [6, 6.07) is 8.07. The Bertz CT molecular complexity index is 1030. The first-order valence-corrected chi connectivity index (χ1v) is 10.3. The van der Waals surface area contributed by atoms with E-state index >= 15 is 0 Å². The summed E-state index contributed by atoms with van der Waals surface area (Å²) in [6.45, 7) is 4.21.